The summed E-state index contributed by atoms with van der Waals surface area (Å²) >= 11 is 0. The van der Waals surface area contributed by atoms with Gasteiger partial charge in [0.2, 0.25) is 0 Å². The number of halogens is 1. The van der Waals surface area contributed by atoms with E-state index in [1.807, 2.05) is 0 Å². The van der Waals surface area contributed by atoms with Crippen LogP contribution in [0, 0.1) is 5.82 Å². The molecule has 2 aromatic rings. The summed E-state index contributed by atoms with van der Waals surface area (Å²) in [4.78, 5) is 11.3. The lowest BCUT2D eigenvalue weighted by Crippen LogP contribution is -2.33. The van der Waals surface area contributed by atoms with Crippen molar-refractivity contribution >= 4 is 18.1 Å². The van der Waals surface area contributed by atoms with Crippen molar-refractivity contribution in [3.05, 3.63) is 51.9 Å². The summed E-state index contributed by atoms with van der Waals surface area (Å²) in [5.41, 5.74) is 2.63. The van der Waals surface area contributed by atoms with E-state index in [4.69, 9.17) is 4.74 Å². The number of benzene rings is 1. The van der Waals surface area contributed by atoms with Gasteiger partial charge >= 0.3 is 5.97 Å². The van der Waals surface area contributed by atoms with Gasteiger partial charge in [-0.15, -0.1) is 0 Å². The Morgan fingerprint density at radius 1 is 1.22 bits per heavy atom. The maximum atomic E-state index is 13.5. The molecule has 1 aliphatic carbocycles. The van der Waals surface area contributed by atoms with E-state index < -0.39 is 5.97 Å². The molecule has 1 N–H and O–H groups in total. The van der Waals surface area contributed by atoms with Crippen molar-refractivity contribution in [1.82, 2.24) is 4.57 Å². The van der Waals surface area contributed by atoms with Crippen molar-refractivity contribution in [2.75, 3.05) is 13.7 Å². The van der Waals surface area contributed by atoms with Gasteiger partial charge in [-0.1, -0.05) is 26.0 Å². The maximum Gasteiger partial charge on any atom is 0.303 e. The van der Waals surface area contributed by atoms with E-state index in [1.165, 1.54) is 12.1 Å². The predicted octanol–water partition coefficient (Wildman–Crippen LogP) is 2.91. The van der Waals surface area contributed by atoms with Gasteiger partial charge in [-0.3, -0.25) is 4.79 Å². The number of fused-ring (bicyclic) bond motifs is 1. The van der Waals surface area contributed by atoms with E-state index in [9.17, 15) is 14.3 Å². The molecule has 0 spiro atoms. The Kier molecular flexibility index (Phi) is 5.51. The first-order valence-electron chi connectivity index (χ1n) is 9.26. The van der Waals surface area contributed by atoms with Gasteiger partial charge in [0, 0.05) is 35.7 Å². The zero-order chi connectivity index (χ0) is 19.6. The average molecular weight is 371 g/mol. The first-order chi connectivity index (χ1) is 12.8. The van der Waals surface area contributed by atoms with Crippen LogP contribution in [-0.2, 0) is 21.4 Å². The smallest absolute Gasteiger partial charge is 0.303 e. The number of hydrogen-bond donors (Lipinski definition) is 1. The van der Waals surface area contributed by atoms with Crippen molar-refractivity contribution < 1.29 is 19.0 Å². The molecule has 1 aromatic heterocycles. The highest BCUT2D eigenvalue weighted by molar-refractivity contribution is 5.67. The predicted molar refractivity (Wildman–Crippen MR) is 104 cm³/mol. The van der Waals surface area contributed by atoms with Crippen LogP contribution in [0.1, 0.15) is 44.4 Å². The summed E-state index contributed by atoms with van der Waals surface area (Å²) in [7, 11) is 1.67. The zero-order valence-electron chi connectivity index (χ0n) is 16.1. The van der Waals surface area contributed by atoms with Gasteiger partial charge < -0.3 is 14.4 Å². The first-order valence-corrected chi connectivity index (χ1v) is 9.26. The number of carbonyl (C=O) groups is 1. The fraction of sp³-hybridized carbons (Fsp3) is 0.409. The number of nitrogens with zero attached hydrogens (tertiary/aromatic N) is 1. The number of aliphatic carboxylic acids is 1. The number of hydrogen-bond acceptors (Lipinski definition) is 2. The average Bonchev–Trinajstić information content (AvgIpc) is 2.96. The largest absolute Gasteiger partial charge is 0.481 e. The molecule has 0 atom stereocenters. The second kappa shape index (κ2) is 7.69. The van der Waals surface area contributed by atoms with E-state index >= 15 is 0 Å². The van der Waals surface area contributed by atoms with Gasteiger partial charge in [0.1, 0.15) is 5.82 Å². The molecule has 0 radical (unpaired) electrons. The molecule has 27 heavy (non-hydrogen) atoms. The minimum Gasteiger partial charge on any atom is -0.481 e. The lowest BCUT2D eigenvalue weighted by molar-refractivity contribution is -0.136. The van der Waals surface area contributed by atoms with Gasteiger partial charge in [-0.05, 0) is 54.3 Å². The lowest BCUT2D eigenvalue weighted by Gasteiger charge is -2.28. The maximum absolute atomic E-state index is 13.5. The Balaban J connectivity index is 2.34. The lowest BCUT2D eigenvalue weighted by atomic mass is 9.85. The van der Waals surface area contributed by atoms with Crippen LogP contribution < -0.4 is 10.6 Å². The third-order valence-corrected chi connectivity index (χ3v) is 5.02. The number of methoxy groups -OCH3 is 1. The van der Waals surface area contributed by atoms with Crippen LogP contribution in [0.4, 0.5) is 4.39 Å². The quantitative estimate of drug-likeness (QED) is 0.814. The van der Waals surface area contributed by atoms with E-state index in [0.717, 1.165) is 40.4 Å². The van der Waals surface area contributed by atoms with Crippen LogP contribution in [0.25, 0.3) is 17.8 Å². The molecule has 0 saturated heterocycles. The molecule has 0 bridgehead atoms. The molecule has 1 heterocycles. The Morgan fingerprint density at radius 2 is 1.89 bits per heavy atom. The molecular weight excluding hydrogens is 345 g/mol. The van der Waals surface area contributed by atoms with Crippen LogP contribution in [0.3, 0.4) is 0 Å². The van der Waals surface area contributed by atoms with Gasteiger partial charge in [-0.25, -0.2) is 4.39 Å². The van der Waals surface area contributed by atoms with Crippen LogP contribution in [-0.4, -0.2) is 29.4 Å². The van der Waals surface area contributed by atoms with Crippen molar-refractivity contribution in [2.24, 2.45) is 0 Å². The number of ether oxygens (including phenoxy) is 1. The Morgan fingerprint density at radius 3 is 2.52 bits per heavy atom. The van der Waals surface area contributed by atoms with Crippen LogP contribution >= 0.6 is 0 Å². The third kappa shape index (κ3) is 3.83. The number of carboxylic acids is 1. The highest BCUT2D eigenvalue weighted by Gasteiger charge is 2.30. The molecule has 0 amide bonds. The van der Waals surface area contributed by atoms with Crippen molar-refractivity contribution in [3.8, 4) is 5.69 Å². The van der Waals surface area contributed by atoms with E-state index in [0.29, 0.717) is 13.0 Å². The molecule has 0 aliphatic heterocycles. The second-order valence-corrected chi connectivity index (χ2v) is 7.63. The normalized spacial score (nSPS) is 13.6. The monoisotopic (exact) mass is 371 g/mol. The molecule has 1 aromatic carbocycles. The summed E-state index contributed by atoms with van der Waals surface area (Å²) in [5, 5.41) is 11.4. The van der Waals surface area contributed by atoms with Gasteiger partial charge in [0.15, 0.2) is 0 Å². The molecule has 144 valence electrons. The summed E-state index contributed by atoms with van der Waals surface area (Å²) in [6.07, 6.45) is 6.78. The summed E-state index contributed by atoms with van der Waals surface area (Å²) < 4.78 is 21.1. The van der Waals surface area contributed by atoms with E-state index in [-0.39, 0.29) is 17.7 Å². The summed E-state index contributed by atoms with van der Waals surface area (Å²) in [6, 6.07) is 6.45. The highest BCUT2D eigenvalue weighted by Crippen LogP contribution is 2.28. The molecule has 0 saturated carbocycles. The molecule has 1 aliphatic rings. The molecular formula is C22H26FNO3. The Bertz CT molecular complexity index is 955. The minimum atomic E-state index is -0.812. The molecule has 0 fully saturated rings. The number of carboxylic acid groups (broad SMARTS) is 1. The van der Waals surface area contributed by atoms with Crippen molar-refractivity contribution in [2.45, 2.75) is 44.9 Å². The third-order valence-electron chi connectivity index (χ3n) is 5.02. The van der Waals surface area contributed by atoms with Crippen molar-refractivity contribution in [3.63, 3.8) is 0 Å². The van der Waals surface area contributed by atoms with Gasteiger partial charge in [0.05, 0.1) is 6.61 Å². The van der Waals surface area contributed by atoms with Gasteiger partial charge in [0.25, 0.3) is 0 Å². The molecule has 0 unspecified atom stereocenters. The van der Waals surface area contributed by atoms with Crippen molar-refractivity contribution in [1.29, 1.82) is 0 Å². The standard InChI is InChI=1S/C22H26FNO3/c1-22(2,14-27-3)21-18(12-13-20(25)26)17-6-4-5-7-19(17)24(21)16-10-8-15(23)9-11-16/h6-11H,4-5,12-14H2,1-3H3,(H,25,26). The van der Waals surface area contributed by atoms with Crippen LogP contribution in [0.2, 0.25) is 0 Å². The zero-order valence-corrected chi connectivity index (χ0v) is 16.1. The van der Waals surface area contributed by atoms with E-state index in [2.05, 4.69) is 30.6 Å². The first kappa shape index (κ1) is 19.4. The fourth-order valence-corrected chi connectivity index (χ4v) is 4.02. The Hall–Kier alpha value is -2.40. The minimum absolute atomic E-state index is 0.0732. The van der Waals surface area contributed by atoms with Crippen LogP contribution in [0.15, 0.2) is 24.3 Å². The number of rotatable bonds is 7. The fourth-order valence-electron chi connectivity index (χ4n) is 4.02. The summed E-state index contributed by atoms with van der Waals surface area (Å²) in [6.45, 7) is 4.69. The van der Waals surface area contributed by atoms with Crippen LogP contribution in [0.5, 0.6) is 0 Å². The Labute approximate surface area is 158 Å². The number of aromatic nitrogens is 1. The topological polar surface area (TPSA) is 51.5 Å². The molecule has 4 nitrogen and oxygen atoms in total. The SMILES string of the molecule is COCC(C)(C)c1c(CCC(=O)O)c2c(n1-c1ccc(F)cc1)=CCCC=2. The molecule has 5 heteroatoms. The van der Waals surface area contributed by atoms with E-state index in [1.54, 1.807) is 19.2 Å². The summed E-state index contributed by atoms with van der Waals surface area (Å²) in [5.74, 6) is -1.09. The van der Waals surface area contributed by atoms with Gasteiger partial charge in [-0.2, -0.15) is 0 Å². The second-order valence-electron chi connectivity index (χ2n) is 7.63. The highest BCUT2D eigenvalue weighted by atomic mass is 19.1. The molecule has 3 rings (SSSR count).